The molecule has 2 aliphatic rings. The third-order valence-corrected chi connectivity index (χ3v) is 7.47. The van der Waals surface area contributed by atoms with Crippen LogP contribution >= 0.6 is 12.6 Å². The molecule has 4 amide bonds. The molecule has 1 unspecified atom stereocenters. The molecule has 7 rings (SSSR count). The van der Waals surface area contributed by atoms with Gasteiger partial charge in [0.1, 0.15) is 0 Å². The second-order valence-electron chi connectivity index (χ2n) is 8.92. The van der Waals surface area contributed by atoms with Gasteiger partial charge in [-0.3, -0.25) is 29.0 Å². The molecule has 0 saturated heterocycles. The van der Waals surface area contributed by atoms with Crippen LogP contribution in [0, 0.1) is 0 Å². The maximum absolute atomic E-state index is 13.2. The van der Waals surface area contributed by atoms with E-state index in [0.29, 0.717) is 33.0 Å². The number of hydrogen-bond acceptors (Lipinski definition) is 5. The summed E-state index contributed by atoms with van der Waals surface area (Å²) in [6.07, 6.45) is 0. The van der Waals surface area contributed by atoms with Crippen molar-refractivity contribution >= 4 is 79.3 Å². The van der Waals surface area contributed by atoms with Gasteiger partial charge in [-0.25, -0.2) is 0 Å². The van der Waals surface area contributed by atoms with Crippen LogP contribution in [-0.2, 0) is 0 Å². The minimum atomic E-state index is -0.555. The molecule has 0 spiro atoms. The van der Waals surface area contributed by atoms with E-state index in [4.69, 9.17) is 0 Å². The number of amides is 4. The van der Waals surface area contributed by atoms with E-state index in [-0.39, 0.29) is 23.6 Å². The predicted molar refractivity (Wildman–Crippen MR) is 133 cm³/mol. The number of rotatable bonds is 1. The molecule has 1 atom stereocenters. The molecule has 2 heterocycles. The molecule has 164 valence electrons. The summed E-state index contributed by atoms with van der Waals surface area (Å²) in [7, 11) is 1.49. The highest BCUT2D eigenvalue weighted by Crippen LogP contribution is 2.46. The minimum absolute atomic E-state index is 0.325. The summed E-state index contributed by atoms with van der Waals surface area (Å²) in [5, 5.41) is 5.93. The SMILES string of the molecule is CC(S)N1C(=O)c2ccc3c4ccc5c6c(ccc(c7ccc(c2c37)C1=O)c64)C(=O)N(C)C5=O. The Hall–Kier alpha value is -3.97. The van der Waals surface area contributed by atoms with Gasteiger partial charge in [0.2, 0.25) is 0 Å². The molecular formula is C27H16N2O4S. The summed E-state index contributed by atoms with van der Waals surface area (Å²) in [6.45, 7) is 1.70. The zero-order chi connectivity index (χ0) is 23.6. The second-order valence-corrected chi connectivity index (χ2v) is 9.67. The van der Waals surface area contributed by atoms with Crippen molar-refractivity contribution in [2.45, 2.75) is 12.3 Å². The molecule has 7 heteroatoms. The van der Waals surface area contributed by atoms with E-state index in [1.807, 2.05) is 24.3 Å². The Morgan fingerprint density at radius 3 is 1.21 bits per heavy atom. The van der Waals surface area contributed by atoms with Crippen molar-refractivity contribution in [3.8, 4) is 0 Å². The van der Waals surface area contributed by atoms with Gasteiger partial charge in [-0.05, 0) is 63.5 Å². The standard InChI is InChI=1S/C27H16N2O4S/c1-11(34)29-26(32)18-9-5-14-12-3-7-16-22-17(25(31)28(2)24(16)30)8-4-13(20(12)22)15-6-10-19(27(29)33)23(18)21(14)15/h3-11,34H,1-2H3. The van der Waals surface area contributed by atoms with Crippen LogP contribution < -0.4 is 0 Å². The molecule has 0 N–H and O–H groups in total. The molecule has 2 aliphatic heterocycles. The van der Waals surface area contributed by atoms with Gasteiger partial charge in [-0.15, -0.1) is 0 Å². The third kappa shape index (κ3) is 2.05. The lowest BCUT2D eigenvalue weighted by atomic mass is 9.82. The Kier molecular flexibility index (Phi) is 3.51. The van der Waals surface area contributed by atoms with Gasteiger partial charge >= 0.3 is 0 Å². The summed E-state index contributed by atoms with van der Waals surface area (Å²) >= 11 is 4.35. The van der Waals surface area contributed by atoms with Crippen molar-refractivity contribution in [1.29, 1.82) is 0 Å². The maximum atomic E-state index is 13.2. The van der Waals surface area contributed by atoms with Crippen molar-refractivity contribution in [3.63, 3.8) is 0 Å². The largest absolute Gasteiger partial charge is 0.277 e. The van der Waals surface area contributed by atoms with E-state index in [1.165, 1.54) is 11.9 Å². The number of hydrogen-bond donors (Lipinski definition) is 1. The van der Waals surface area contributed by atoms with Gasteiger partial charge in [-0.1, -0.05) is 24.3 Å². The molecule has 5 aromatic rings. The average molecular weight is 465 g/mol. The first-order chi connectivity index (χ1) is 16.3. The van der Waals surface area contributed by atoms with Gasteiger partial charge in [0.15, 0.2) is 0 Å². The summed E-state index contributed by atoms with van der Waals surface area (Å²) < 4.78 is 0. The van der Waals surface area contributed by atoms with E-state index >= 15 is 0 Å². The van der Waals surface area contributed by atoms with Gasteiger partial charge in [0.25, 0.3) is 23.6 Å². The molecule has 34 heavy (non-hydrogen) atoms. The lowest BCUT2D eigenvalue weighted by Gasteiger charge is -2.31. The first kappa shape index (κ1) is 19.5. The summed E-state index contributed by atoms with van der Waals surface area (Å²) in [6, 6.07) is 14.6. The first-order valence-electron chi connectivity index (χ1n) is 10.9. The van der Waals surface area contributed by atoms with Crippen LogP contribution in [0.5, 0.6) is 0 Å². The molecule has 0 saturated carbocycles. The van der Waals surface area contributed by atoms with E-state index < -0.39 is 5.37 Å². The van der Waals surface area contributed by atoms with Gasteiger partial charge in [0, 0.05) is 40.1 Å². The summed E-state index contributed by atoms with van der Waals surface area (Å²) in [4.78, 5) is 54.6. The molecular weight excluding hydrogens is 448 g/mol. The van der Waals surface area contributed by atoms with Crippen LogP contribution in [0.3, 0.4) is 0 Å². The average Bonchev–Trinajstić information content (AvgIpc) is 2.83. The van der Waals surface area contributed by atoms with Crippen LogP contribution in [-0.4, -0.2) is 45.9 Å². The van der Waals surface area contributed by atoms with Gasteiger partial charge < -0.3 is 0 Å². The fourth-order valence-corrected chi connectivity index (χ4v) is 5.96. The van der Waals surface area contributed by atoms with Crippen LogP contribution in [0.4, 0.5) is 0 Å². The van der Waals surface area contributed by atoms with Crippen LogP contribution in [0.15, 0.2) is 48.5 Å². The fraction of sp³-hybridized carbons (Fsp3) is 0.111. The summed E-state index contributed by atoms with van der Waals surface area (Å²) in [5.74, 6) is -1.37. The Bertz CT molecular complexity index is 1720. The fourth-order valence-electron chi connectivity index (χ4n) is 5.75. The predicted octanol–water partition coefficient (Wildman–Crippen LogP) is 4.83. The van der Waals surface area contributed by atoms with Crippen LogP contribution in [0.2, 0.25) is 0 Å². The zero-order valence-corrected chi connectivity index (χ0v) is 19.1. The monoisotopic (exact) mass is 464 g/mol. The maximum Gasteiger partial charge on any atom is 0.262 e. The highest BCUT2D eigenvalue weighted by atomic mass is 32.1. The quantitative estimate of drug-likeness (QED) is 0.167. The molecule has 0 aromatic heterocycles. The molecule has 5 aromatic carbocycles. The number of carbonyl (C=O) groups excluding carboxylic acids is 4. The van der Waals surface area contributed by atoms with Crippen LogP contribution in [0.25, 0.3) is 43.1 Å². The Morgan fingerprint density at radius 1 is 0.559 bits per heavy atom. The zero-order valence-electron chi connectivity index (χ0n) is 18.2. The third-order valence-electron chi connectivity index (χ3n) is 7.24. The van der Waals surface area contributed by atoms with Gasteiger partial charge in [0.05, 0.1) is 5.37 Å². The van der Waals surface area contributed by atoms with Crippen molar-refractivity contribution in [2.24, 2.45) is 0 Å². The molecule has 0 fully saturated rings. The second kappa shape index (κ2) is 6.12. The normalized spacial score (nSPS) is 16.7. The van der Waals surface area contributed by atoms with E-state index in [2.05, 4.69) is 12.6 Å². The minimum Gasteiger partial charge on any atom is -0.277 e. The van der Waals surface area contributed by atoms with Gasteiger partial charge in [-0.2, -0.15) is 12.6 Å². The number of thiol groups is 1. The number of benzene rings is 5. The molecule has 0 bridgehead atoms. The Balaban J connectivity index is 1.71. The topological polar surface area (TPSA) is 74.8 Å². The lowest BCUT2D eigenvalue weighted by Crippen LogP contribution is -2.43. The van der Waals surface area contributed by atoms with Crippen molar-refractivity contribution in [2.75, 3.05) is 7.05 Å². The van der Waals surface area contributed by atoms with Crippen molar-refractivity contribution in [3.05, 3.63) is 70.8 Å². The van der Waals surface area contributed by atoms with E-state index in [0.717, 1.165) is 37.2 Å². The Labute approximate surface area is 198 Å². The highest BCUT2D eigenvalue weighted by Gasteiger charge is 2.37. The van der Waals surface area contributed by atoms with Crippen molar-refractivity contribution in [1.82, 2.24) is 9.80 Å². The van der Waals surface area contributed by atoms with E-state index in [1.54, 1.807) is 31.2 Å². The highest BCUT2D eigenvalue weighted by molar-refractivity contribution is 7.80. The first-order valence-corrected chi connectivity index (χ1v) is 11.4. The number of carbonyl (C=O) groups is 4. The Morgan fingerprint density at radius 2 is 0.882 bits per heavy atom. The van der Waals surface area contributed by atoms with Crippen LogP contribution in [0.1, 0.15) is 48.4 Å². The number of fused-ring (bicyclic) bond motifs is 2. The van der Waals surface area contributed by atoms with Crippen molar-refractivity contribution < 1.29 is 19.2 Å². The summed E-state index contributed by atoms with van der Waals surface area (Å²) in [5.41, 5.74) is 1.93. The molecule has 0 radical (unpaired) electrons. The molecule has 6 nitrogen and oxygen atoms in total. The smallest absolute Gasteiger partial charge is 0.262 e. The van der Waals surface area contributed by atoms with E-state index in [9.17, 15) is 19.2 Å². The number of imide groups is 2. The molecule has 0 aliphatic carbocycles. The lowest BCUT2D eigenvalue weighted by molar-refractivity contribution is 0.0598. The number of nitrogens with zero attached hydrogens (tertiary/aromatic N) is 2.